The molecule has 1 aromatic heterocycles. The van der Waals surface area contributed by atoms with Crippen molar-refractivity contribution >= 4 is 10.1 Å². The number of aryl methyl sites for hydroxylation is 2. The highest BCUT2D eigenvalue weighted by atomic mass is 32.2. The van der Waals surface area contributed by atoms with Crippen LogP contribution in [0.25, 0.3) is 0 Å². The van der Waals surface area contributed by atoms with E-state index >= 15 is 0 Å². The molecule has 0 spiro atoms. The Bertz CT molecular complexity index is 424. The van der Waals surface area contributed by atoms with Gasteiger partial charge in [-0.1, -0.05) is 0 Å². The Balaban J connectivity index is 0.000000281. The van der Waals surface area contributed by atoms with Crippen LogP contribution in [-0.2, 0) is 23.7 Å². The van der Waals surface area contributed by atoms with E-state index in [1.165, 1.54) is 0 Å². The van der Waals surface area contributed by atoms with Gasteiger partial charge in [0.15, 0.2) is 0 Å². The van der Waals surface area contributed by atoms with Gasteiger partial charge in [-0.2, -0.15) is 21.6 Å². The van der Waals surface area contributed by atoms with E-state index < -0.39 is 15.6 Å². The lowest BCUT2D eigenvalue weighted by atomic mass is 10.7. The minimum absolute atomic E-state index is 1.06. The van der Waals surface area contributed by atoms with E-state index in [1.54, 1.807) is 0 Å². The first-order valence-electron chi connectivity index (χ1n) is 4.12. The third kappa shape index (κ3) is 5.12. The summed E-state index contributed by atoms with van der Waals surface area (Å²) in [6, 6.07) is 0. The largest absolute Gasteiger partial charge is 0.522 e. The summed E-state index contributed by atoms with van der Waals surface area (Å²) >= 11 is 0. The van der Waals surface area contributed by atoms with Crippen molar-refractivity contribution in [2.75, 3.05) is 0 Å². The van der Waals surface area contributed by atoms with Gasteiger partial charge in [-0.3, -0.25) is 4.55 Å². The third-order valence-electron chi connectivity index (χ3n) is 1.48. The molecule has 0 aliphatic heterocycles. The summed E-state index contributed by atoms with van der Waals surface area (Å²) < 4.78 is 61.7. The molecule has 1 N–H and O–H groups in total. The molecule has 1 rings (SSSR count). The van der Waals surface area contributed by atoms with Gasteiger partial charge in [-0.25, -0.2) is 9.13 Å². The molecular weight excluding hydrogens is 249 g/mol. The number of hydrogen-bond acceptors (Lipinski definition) is 2. The minimum Gasteiger partial charge on any atom is -0.279 e. The molecule has 0 amide bonds. The molecule has 0 atom stereocenters. The zero-order valence-corrected chi connectivity index (χ0v) is 9.46. The van der Waals surface area contributed by atoms with Crippen molar-refractivity contribution in [3.8, 4) is 0 Å². The van der Waals surface area contributed by atoms with E-state index in [1.807, 2.05) is 17.8 Å². The SMILES string of the molecule is CC[n+]1ccn(C)c1.O=S(=O)(O)C(F)(F)F. The topological polar surface area (TPSA) is 63.2 Å². The van der Waals surface area contributed by atoms with Crippen molar-refractivity contribution in [2.24, 2.45) is 7.05 Å². The molecule has 0 unspecified atom stereocenters. The Labute approximate surface area is 90.9 Å². The average Bonchev–Trinajstić information content (AvgIpc) is 2.48. The average molecular weight is 261 g/mol. The minimum atomic E-state index is -5.84. The highest BCUT2D eigenvalue weighted by Crippen LogP contribution is 2.20. The highest BCUT2D eigenvalue weighted by Gasteiger charge is 2.44. The van der Waals surface area contributed by atoms with Crippen LogP contribution in [0.5, 0.6) is 0 Å². The first kappa shape index (κ1) is 14.9. The van der Waals surface area contributed by atoms with Crippen LogP contribution in [0.2, 0.25) is 0 Å². The summed E-state index contributed by atoms with van der Waals surface area (Å²) in [6.07, 6.45) is 6.14. The van der Waals surface area contributed by atoms with E-state index in [9.17, 15) is 13.2 Å². The number of alkyl halides is 3. The molecule has 0 radical (unpaired) electrons. The Morgan fingerprint density at radius 2 is 1.88 bits per heavy atom. The molecule has 0 saturated heterocycles. The van der Waals surface area contributed by atoms with Crippen LogP contribution in [0.1, 0.15) is 6.92 Å². The van der Waals surface area contributed by atoms with Gasteiger partial charge in [0.1, 0.15) is 12.4 Å². The second kappa shape index (κ2) is 5.30. The fraction of sp³-hybridized carbons (Fsp3) is 0.571. The lowest BCUT2D eigenvalue weighted by Gasteiger charge is -1.97. The van der Waals surface area contributed by atoms with Crippen molar-refractivity contribution in [2.45, 2.75) is 19.0 Å². The van der Waals surface area contributed by atoms with Crippen molar-refractivity contribution in [3.05, 3.63) is 18.7 Å². The van der Waals surface area contributed by atoms with Gasteiger partial charge in [0, 0.05) is 0 Å². The fourth-order valence-corrected chi connectivity index (χ4v) is 0.689. The van der Waals surface area contributed by atoms with Gasteiger partial charge in [-0.15, -0.1) is 0 Å². The smallest absolute Gasteiger partial charge is 0.279 e. The summed E-state index contributed by atoms with van der Waals surface area (Å²) in [4.78, 5) is 0. The lowest BCUT2D eigenvalue weighted by Crippen LogP contribution is -2.28. The number of hydrogen-bond donors (Lipinski definition) is 1. The fourth-order valence-electron chi connectivity index (χ4n) is 0.689. The van der Waals surface area contributed by atoms with Crippen molar-refractivity contribution in [1.82, 2.24) is 4.57 Å². The summed E-state index contributed by atoms with van der Waals surface area (Å²) in [6.45, 7) is 3.18. The van der Waals surface area contributed by atoms with E-state index in [4.69, 9.17) is 13.0 Å². The van der Waals surface area contributed by atoms with Crippen LogP contribution in [0.3, 0.4) is 0 Å². The monoisotopic (exact) mass is 261 g/mol. The van der Waals surface area contributed by atoms with E-state index in [0.717, 1.165) is 6.54 Å². The molecule has 1 heterocycles. The van der Waals surface area contributed by atoms with Crippen LogP contribution < -0.4 is 4.57 Å². The normalized spacial score (nSPS) is 11.9. The van der Waals surface area contributed by atoms with E-state index in [-0.39, 0.29) is 0 Å². The van der Waals surface area contributed by atoms with Crippen LogP contribution in [0.4, 0.5) is 13.2 Å². The zero-order chi connectivity index (χ0) is 13.0. The number of aromatic nitrogens is 2. The van der Waals surface area contributed by atoms with Crippen LogP contribution in [0.15, 0.2) is 18.7 Å². The number of halogens is 3. The predicted octanol–water partition coefficient (Wildman–Crippen LogP) is 0.726. The van der Waals surface area contributed by atoms with Gasteiger partial charge in [0.05, 0.1) is 13.6 Å². The lowest BCUT2D eigenvalue weighted by molar-refractivity contribution is -0.693. The molecule has 0 aliphatic rings. The van der Waals surface area contributed by atoms with Crippen molar-refractivity contribution in [1.29, 1.82) is 0 Å². The maximum Gasteiger partial charge on any atom is 0.522 e. The van der Waals surface area contributed by atoms with Crippen molar-refractivity contribution in [3.63, 3.8) is 0 Å². The van der Waals surface area contributed by atoms with Gasteiger partial charge >= 0.3 is 15.6 Å². The number of nitrogens with zero attached hydrogens (tertiary/aromatic N) is 2. The molecule has 5 nitrogen and oxygen atoms in total. The number of rotatable bonds is 1. The van der Waals surface area contributed by atoms with E-state index in [0.29, 0.717) is 0 Å². The van der Waals surface area contributed by atoms with Crippen LogP contribution in [-0.4, -0.2) is 23.0 Å². The maximum absolute atomic E-state index is 10.7. The Kier molecular flexibility index (Phi) is 4.94. The third-order valence-corrected chi connectivity index (χ3v) is 2.07. The Hall–Kier alpha value is -1.09. The summed E-state index contributed by atoms with van der Waals surface area (Å²) in [5, 5.41) is 0. The van der Waals surface area contributed by atoms with Gasteiger partial charge < -0.3 is 0 Å². The summed E-state index contributed by atoms with van der Waals surface area (Å²) in [5.74, 6) is 0. The molecule has 9 heteroatoms. The summed E-state index contributed by atoms with van der Waals surface area (Å²) in [7, 11) is -3.82. The van der Waals surface area contributed by atoms with E-state index in [2.05, 4.69) is 24.0 Å². The van der Waals surface area contributed by atoms with Gasteiger partial charge in [0.25, 0.3) is 0 Å². The molecule has 0 fully saturated rings. The molecule has 16 heavy (non-hydrogen) atoms. The maximum atomic E-state index is 10.7. The molecular formula is C7H12F3N2O3S+. The quantitative estimate of drug-likeness (QED) is 0.460. The molecule has 0 saturated carbocycles. The van der Waals surface area contributed by atoms with Crippen molar-refractivity contribution < 1.29 is 30.7 Å². The molecule has 1 aromatic rings. The molecule has 94 valence electrons. The number of imidazole rings is 1. The predicted molar refractivity (Wildman–Crippen MR) is 48.9 cm³/mol. The highest BCUT2D eigenvalue weighted by molar-refractivity contribution is 7.86. The Morgan fingerprint density at radius 3 is 2.00 bits per heavy atom. The second-order valence-electron chi connectivity index (χ2n) is 2.83. The second-order valence-corrected chi connectivity index (χ2v) is 4.24. The van der Waals surface area contributed by atoms with Crippen LogP contribution in [0, 0.1) is 0 Å². The standard InChI is InChI=1S/C6H11N2.CHF3O3S/c1-3-8-5-4-7(2)6-8;2-1(3,4)8(5,6)7/h4-6H,3H2,1-2H3;(H,5,6,7)/q+1;. The zero-order valence-electron chi connectivity index (χ0n) is 8.64. The molecule has 0 aliphatic carbocycles. The first-order valence-corrected chi connectivity index (χ1v) is 5.56. The van der Waals surface area contributed by atoms with Crippen LogP contribution >= 0.6 is 0 Å². The molecule has 0 bridgehead atoms. The first-order chi connectivity index (χ1) is 7.08. The Morgan fingerprint density at radius 1 is 1.44 bits per heavy atom. The molecule has 0 aromatic carbocycles. The van der Waals surface area contributed by atoms with Gasteiger partial charge in [-0.05, 0) is 6.92 Å². The van der Waals surface area contributed by atoms with Gasteiger partial charge in [0.2, 0.25) is 6.33 Å². The summed E-state index contributed by atoms with van der Waals surface area (Å²) in [5.41, 5.74) is -5.53.